The van der Waals surface area contributed by atoms with Gasteiger partial charge in [-0.05, 0) is 31.2 Å². The van der Waals surface area contributed by atoms with Gasteiger partial charge in [-0.25, -0.2) is 4.90 Å². The molecule has 0 saturated carbocycles. The molecule has 4 rings (SSSR count). The van der Waals surface area contributed by atoms with Crippen LogP contribution in [-0.2, 0) is 14.3 Å². The molecule has 1 aromatic carbocycles. The van der Waals surface area contributed by atoms with Crippen LogP contribution in [0, 0.1) is 23.2 Å². The first-order chi connectivity index (χ1) is 10.0. The maximum Gasteiger partial charge on any atom is 0.241 e. The lowest BCUT2D eigenvalue weighted by atomic mass is 9.78. The van der Waals surface area contributed by atoms with Crippen molar-refractivity contribution in [3.63, 3.8) is 0 Å². The SMILES string of the molecule is C[C@@]12C=C[C@@H](O1)[C@@H]1C(=O)N(c3ccc(C#N)cc3)C(=O)[C@H]12. The van der Waals surface area contributed by atoms with Gasteiger partial charge in [-0.1, -0.05) is 12.2 Å². The molecule has 0 aliphatic carbocycles. The number of hydrogen-bond acceptors (Lipinski definition) is 4. The number of ether oxygens (including phenoxy) is 1. The summed E-state index contributed by atoms with van der Waals surface area (Å²) in [6.07, 6.45) is 3.45. The van der Waals surface area contributed by atoms with Crippen molar-refractivity contribution in [3.05, 3.63) is 42.0 Å². The number of benzene rings is 1. The number of amides is 2. The topological polar surface area (TPSA) is 70.4 Å². The van der Waals surface area contributed by atoms with Crippen LogP contribution in [0.3, 0.4) is 0 Å². The van der Waals surface area contributed by atoms with E-state index in [4.69, 9.17) is 10.00 Å². The van der Waals surface area contributed by atoms with Crippen molar-refractivity contribution in [1.82, 2.24) is 0 Å². The largest absolute Gasteiger partial charge is 0.362 e. The third-order valence-electron chi connectivity index (χ3n) is 4.58. The number of imide groups is 1. The first-order valence-corrected chi connectivity index (χ1v) is 6.80. The molecule has 1 aromatic rings. The Hall–Kier alpha value is -2.45. The molecule has 2 amide bonds. The summed E-state index contributed by atoms with van der Waals surface area (Å²) in [6, 6.07) is 8.50. The summed E-state index contributed by atoms with van der Waals surface area (Å²) in [5.74, 6) is -1.31. The Morgan fingerprint density at radius 1 is 1.24 bits per heavy atom. The first kappa shape index (κ1) is 12.3. The monoisotopic (exact) mass is 280 g/mol. The minimum Gasteiger partial charge on any atom is -0.362 e. The zero-order valence-electron chi connectivity index (χ0n) is 11.3. The minimum absolute atomic E-state index is 0.215. The Morgan fingerprint density at radius 2 is 1.95 bits per heavy atom. The van der Waals surface area contributed by atoms with E-state index in [0.717, 1.165) is 0 Å². The van der Waals surface area contributed by atoms with Crippen molar-refractivity contribution in [2.24, 2.45) is 11.8 Å². The molecule has 2 bridgehead atoms. The molecule has 2 fully saturated rings. The molecule has 0 N–H and O–H groups in total. The number of fused-ring (bicyclic) bond motifs is 5. The van der Waals surface area contributed by atoms with Crippen LogP contribution < -0.4 is 4.90 Å². The number of hydrogen-bond donors (Lipinski definition) is 0. The summed E-state index contributed by atoms with van der Waals surface area (Å²) < 4.78 is 5.77. The standard InChI is InChI=1S/C16H12N2O3/c1-16-7-6-11(21-16)12-13(16)15(20)18(14(12)19)10-4-2-9(8-17)3-5-10/h2-7,11-13H,1H3/t11-,12+,13+,16+/m1/s1. The molecule has 3 aliphatic rings. The fraction of sp³-hybridized carbons (Fsp3) is 0.312. The van der Waals surface area contributed by atoms with Crippen molar-refractivity contribution >= 4 is 17.5 Å². The fourth-order valence-corrected chi connectivity index (χ4v) is 3.59. The molecule has 0 spiro atoms. The van der Waals surface area contributed by atoms with Crippen LogP contribution in [0.25, 0.3) is 0 Å². The molecule has 4 atom stereocenters. The number of nitrogens with zero attached hydrogens (tertiary/aromatic N) is 2. The third-order valence-corrected chi connectivity index (χ3v) is 4.58. The van der Waals surface area contributed by atoms with Crippen LogP contribution in [0.4, 0.5) is 5.69 Å². The van der Waals surface area contributed by atoms with Crippen LogP contribution in [0.2, 0.25) is 0 Å². The van der Waals surface area contributed by atoms with Crippen molar-refractivity contribution in [2.75, 3.05) is 4.90 Å². The Bertz CT molecular complexity index is 731. The highest BCUT2D eigenvalue weighted by atomic mass is 16.5. The summed E-state index contributed by atoms with van der Waals surface area (Å²) in [5, 5.41) is 8.82. The maximum atomic E-state index is 12.7. The second-order valence-electron chi connectivity index (χ2n) is 5.80. The highest BCUT2D eigenvalue weighted by molar-refractivity contribution is 6.23. The molecule has 5 heteroatoms. The summed E-state index contributed by atoms with van der Waals surface area (Å²) in [4.78, 5) is 26.5. The summed E-state index contributed by atoms with van der Waals surface area (Å²) >= 11 is 0. The lowest BCUT2D eigenvalue weighted by Gasteiger charge is -2.24. The van der Waals surface area contributed by atoms with Crippen LogP contribution >= 0.6 is 0 Å². The van der Waals surface area contributed by atoms with E-state index in [0.29, 0.717) is 11.3 Å². The van der Waals surface area contributed by atoms with E-state index in [1.807, 2.05) is 25.1 Å². The number of anilines is 1. The normalized spacial score (nSPS) is 36.2. The quantitative estimate of drug-likeness (QED) is 0.576. The second kappa shape index (κ2) is 3.80. The van der Waals surface area contributed by atoms with Crippen molar-refractivity contribution in [3.8, 4) is 6.07 Å². The summed E-state index contributed by atoms with van der Waals surface area (Å²) in [7, 11) is 0. The van der Waals surface area contributed by atoms with Gasteiger partial charge in [0.05, 0.1) is 40.9 Å². The van der Waals surface area contributed by atoms with Gasteiger partial charge in [-0.3, -0.25) is 9.59 Å². The van der Waals surface area contributed by atoms with Crippen LogP contribution in [-0.4, -0.2) is 23.5 Å². The van der Waals surface area contributed by atoms with Gasteiger partial charge in [-0.15, -0.1) is 0 Å². The molecule has 21 heavy (non-hydrogen) atoms. The van der Waals surface area contributed by atoms with E-state index in [-0.39, 0.29) is 17.9 Å². The van der Waals surface area contributed by atoms with Gasteiger partial charge in [0.1, 0.15) is 0 Å². The van der Waals surface area contributed by atoms with E-state index >= 15 is 0 Å². The molecule has 3 heterocycles. The van der Waals surface area contributed by atoms with Crippen LogP contribution in [0.15, 0.2) is 36.4 Å². The molecule has 0 unspecified atom stereocenters. The maximum absolute atomic E-state index is 12.7. The molecule has 5 nitrogen and oxygen atoms in total. The minimum atomic E-state index is -0.677. The van der Waals surface area contributed by atoms with Crippen molar-refractivity contribution in [2.45, 2.75) is 18.6 Å². The van der Waals surface area contributed by atoms with Gasteiger partial charge >= 0.3 is 0 Å². The van der Waals surface area contributed by atoms with Gasteiger partial charge in [0, 0.05) is 0 Å². The van der Waals surface area contributed by atoms with E-state index in [1.165, 1.54) is 4.90 Å². The number of carbonyl (C=O) groups excluding carboxylic acids is 2. The van der Waals surface area contributed by atoms with Gasteiger partial charge in [-0.2, -0.15) is 5.26 Å². The molecule has 0 radical (unpaired) electrons. The highest BCUT2D eigenvalue weighted by Crippen LogP contribution is 2.52. The number of rotatable bonds is 1. The van der Waals surface area contributed by atoms with Crippen molar-refractivity contribution in [1.29, 1.82) is 5.26 Å². The third kappa shape index (κ3) is 1.43. The average molecular weight is 280 g/mol. The van der Waals surface area contributed by atoms with Gasteiger partial charge in [0.2, 0.25) is 11.8 Å². The number of carbonyl (C=O) groups is 2. The van der Waals surface area contributed by atoms with Crippen LogP contribution in [0.5, 0.6) is 0 Å². The molecular weight excluding hydrogens is 268 g/mol. The van der Waals surface area contributed by atoms with E-state index in [9.17, 15) is 9.59 Å². The molecule has 104 valence electrons. The zero-order chi connectivity index (χ0) is 14.8. The molecule has 3 aliphatic heterocycles. The van der Waals surface area contributed by atoms with Crippen LogP contribution in [0.1, 0.15) is 12.5 Å². The van der Waals surface area contributed by atoms with E-state index in [2.05, 4.69) is 0 Å². The average Bonchev–Trinajstić information content (AvgIpc) is 3.09. The van der Waals surface area contributed by atoms with E-state index in [1.54, 1.807) is 24.3 Å². The fourth-order valence-electron chi connectivity index (χ4n) is 3.59. The molecular formula is C16H12N2O3. The van der Waals surface area contributed by atoms with Gasteiger partial charge in [0.15, 0.2) is 0 Å². The number of nitriles is 1. The molecule has 2 saturated heterocycles. The smallest absolute Gasteiger partial charge is 0.241 e. The molecule has 0 aromatic heterocycles. The Labute approximate surface area is 121 Å². The lowest BCUT2D eigenvalue weighted by Crippen LogP contribution is -2.38. The van der Waals surface area contributed by atoms with Crippen molar-refractivity contribution < 1.29 is 14.3 Å². The zero-order valence-corrected chi connectivity index (χ0v) is 11.3. The van der Waals surface area contributed by atoms with Gasteiger partial charge in [0.25, 0.3) is 0 Å². The predicted molar refractivity (Wildman–Crippen MR) is 73.0 cm³/mol. The first-order valence-electron chi connectivity index (χ1n) is 6.80. The predicted octanol–water partition coefficient (Wildman–Crippen LogP) is 1.39. The lowest BCUT2D eigenvalue weighted by molar-refractivity contribution is -0.126. The Kier molecular flexibility index (Phi) is 2.23. The highest BCUT2D eigenvalue weighted by Gasteiger charge is 2.65. The van der Waals surface area contributed by atoms with Gasteiger partial charge < -0.3 is 4.74 Å². The van der Waals surface area contributed by atoms with E-state index < -0.39 is 17.4 Å². The Morgan fingerprint density at radius 3 is 2.57 bits per heavy atom. The Balaban J connectivity index is 1.75. The summed E-state index contributed by atoms with van der Waals surface area (Å²) in [5.41, 5.74) is 0.333. The second-order valence-corrected chi connectivity index (χ2v) is 5.80. The summed E-state index contributed by atoms with van der Waals surface area (Å²) in [6.45, 7) is 1.85.